The summed E-state index contributed by atoms with van der Waals surface area (Å²) in [5.74, 6) is 1.88. The van der Waals surface area contributed by atoms with Gasteiger partial charge in [0.25, 0.3) is 0 Å². The van der Waals surface area contributed by atoms with Crippen LogP contribution in [-0.2, 0) is 20.4 Å². The standard InChI is InChI=1S/C28H36ClNP.Pd/c1-30(2)25-9-5-3-7-23(25)24-8-4-6-10-26(24)31(29,27-15-11-21(19-27)12-16-27)28-17-13-22(20-28)14-18-28;/h3-10,21-22H,11-20H2,1-2H3;/q+1;. The second kappa shape index (κ2) is 8.38. The average molecular weight is 559 g/mol. The third kappa shape index (κ3) is 3.16. The van der Waals surface area contributed by atoms with Gasteiger partial charge in [0.1, 0.15) is 15.6 Å². The van der Waals surface area contributed by atoms with Crippen molar-refractivity contribution in [3.8, 4) is 11.1 Å². The van der Waals surface area contributed by atoms with Crippen molar-refractivity contribution >= 4 is 28.8 Å². The van der Waals surface area contributed by atoms with Crippen molar-refractivity contribution in [1.82, 2.24) is 0 Å². The van der Waals surface area contributed by atoms with Gasteiger partial charge in [-0.15, -0.1) is 0 Å². The molecule has 4 bridgehead atoms. The van der Waals surface area contributed by atoms with Crippen LogP contribution in [0, 0.1) is 11.8 Å². The van der Waals surface area contributed by atoms with Gasteiger partial charge in [0.05, 0.1) is 11.2 Å². The minimum atomic E-state index is -1.90. The first-order valence-corrected chi connectivity index (χ1v) is 15.1. The van der Waals surface area contributed by atoms with E-state index in [9.17, 15) is 0 Å². The molecular formula is C28H36ClNPPd+. The zero-order valence-corrected chi connectivity index (χ0v) is 22.6. The largest absolute Gasteiger partial charge is 0.377 e. The van der Waals surface area contributed by atoms with Crippen LogP contribution < -0.4 is 10.2 Å². The molecule has 2 aromatic rings. The molecule has 0 N–H and O–H groups in total. The van der Waals surface area contributed by atoms with Crippen molar-refractivity contribution in [3.63, 3.8) is 0 Å². The molecule has 0 heterocycles. The van der Waals surface area contributed by atoms with Crippen molar-refractivity contribution in [2.24, 2.45) is 11.8 Å². The van der Waals surface area contributed by atoms with Crippen molar-refractivity contribution in [1.29, 1.82) is 0 Å². The summed E-state index contributed by atoms with van der Waals surface area (Å²) in [6.07, 6.45) is 14.0. The Labute approximate surface area is 213 Å². The molecular weight excluding hydrogens is 523 g/mol. The van der Waals surface area contributed by atoms with E-state index >= 15 is 0 Å². The summed E-state index contributed by atoms with van der Waals surface area (Å²) in [5.41, 5.74) is 4.09. The van der Waals surface area contributed by atoms with E-state index in [1.54, 1.807) is 5.30 Å². The Kier molecular flexibility index (Phi) is 6.12. The number of fused-ring (bicyclic) bond motifs is 4. The van der Waals surface area contributed by atoms with Crippen molar-refractivity contribution in [3.05, 3.63) is 48.5 Å². The fourth-order valence-corrected chi connectivity index (χ4v) is 15.8. The zero-order valence-electron chi connectivity index (χ0n) is 19.4. The molecule has 0 atom stereocenters. The Bertz CT molecular complexity index is 958. The van der Waals surface area contributed by atoms with Crippen LogP contribution in [0.25, 0.3) is 11.1 Å². The van der Waals surface area contributed by atoms with E-state index in [2.05, 4.69) is 67.5 Å². The molecule has 1 nitrogen and oxygen atoms in total. The van der Waals surface area contributed by atoms with Gasteiger partial charge in [0.2, 0.25) is 0 Å². The van der Waals surface area contributed by atoms with Crippen molar-refractivity contribution in [2.75, 3.05) is 19.0 Å². The maximum absolute atomic E-state index is 8.43. The topological polar surface area (TPSA) is 3.24 Å². The molecule has 32 heavy (non-hydrogen) atoms. The molecule has 0 amide bonds. The first-order chi connectivity index (χ1) is 15.0. The van der Waals surface area contributed by atoms with Crippen LogP contribution in [0.15, 0.2) is 48.5 Å². The number of nitrogens with zero attached hydrogens (tertiary/aromatic N) is 1. The summed E-state index contributed by atoms with van der Waals surface area (Å²) < 4.78 is 0. The number of para-hydroxylation sites is 1. The van der Waals surface area contributed by atoms with E-state index in [0.29, 0.717) is 10.3 Å². The third-order valence-corrected chi connectivity index (χ3v) is 17.3. The number of halogens is 1. The number of anilines is 1. The van der Waals surface area contributed by atoms with E-state index in [0.717, 1.165) is 11.8 Å². The summed E-state index contributed by atoms with van der Waals surface area (Å²) in [7, 11) is 4.33. The van der Waals surface area contributed by atoms with Gasteiger partial charge >= 0.3 is 0 Å². The smallest absolute Gasteiger partial charge is 0.158 e. The zero-order chi connectivity index (χ0) is 21.3. The van der Waals surface area contributed by atoms with Crippen LogP contribution in [0.3, 0.4) is 0 Å². The molecule has 0 unspecified atom stereocenters. The van der Waals surface area contributed by atoms with Crippen LogP contribution in [0.5, 0.6) is 0 Å². The normalized spacial score (nSPS) is 34.3. The van der Waals surface area contributed by atoms with Gasteiger partial charge in [-0.3, -0.25) is 0 Å². The predicted molar refractivity (Wildman–Crippen MR) is 137 cm³/mol. The van der Waals surface area contributed by atoms with Gasteiger partial charge in [-0.1, -0.05) is 36.4 Å². The monoisotopic (exact) mass is 558 g/mol. The number of hydrogen-bond donors (Lipinski definition) is 0. The summed E-state index contributed by atoms with van der Waals surface area (Å²) in [6, 6.07) is 18.3. The Morgan fingerprint density at radius 1 is 0.750 bits per heavy atom. The first-order valence-electron chi connectivity index (χ1n) is 12.4. The third-order valence-electron chi connectivity index (χ3n) is 9.63. The molecule has 2 aromatic carbocycles. The molecule has 6 rings (SSSR count). The Morgan fingerprint density at radius 2 is 1.22 bits per heavy atom. The molecule has 0 aromatic heterocycles. The number of hydrogen-bond acceptors (Lipinski definition) is 1. The van der Waals surface area contributed by atoms with Gasteiger partial charge in [-0.05, 0) is 88.2 Å². The summed E-state index contributed by atoms with van der Waals surface area (Å²) in [4.78, 5) is 2.26. The van der Waals surface area contributed by atoms with Crippen LogP contribution in [0.2, 0.25) is 0 Å². The van der Waals surface area contributed by atoms with E-state index < -0.39 is 6.62 Å². The molecule has 0 saturated heterocycles. The molecule has 0 aliphatic heterocycles. The van der Waals surface area contributed by atoms with Crippen LogP contribution in [-0.4, -0.2) is 24.4 Å². The molecule has 0 radical (unpaired) electrons. The molecule has 0 spiro atoms. The fraction of sp³-hybridized carbons (Fsp3) is 0.571. The quantitative estimate of drug-likeness (QED) is 0.266. The van der Waals surface area contributed by atoms with Crippen LogP contribution in [0.4, 0.5) is 5.69 Å². The predicted octanol–water partition coefficient (Wildman–Crippen LogP) is 7.88. The van der Waals surface area contributed by atoms with E-state index in [1.807, 2.05) is 0 Å². The Hall–Kier alpha value is -0.378. The second-order valence-electron chi connectivity index (χ2n) is 11.3. The fourth-order valence-electron chi connectivity index (χ4n) is 8.26. The van der Waals surface area contributed by atoms with Crippen LogP contribution in [0.1, 0.15) is 64.2 Å². The van der Waals surface area contributed by atoms with Crippen molar-refractivity contribution in [2.45, 2.75) is 74.5 Å². The van der Waals surface area contributed by atoms with E-state index in [4.69, 9.17) is 11.2 Å². The summed E-state index contributed by atoms with van der Waals surface area (Å²) in [5, 5.41) is 2.33. The van der Waals surface area contributed by atoms with E-state index in [-0.39, 0.29) is 20.4 Å². The molecule has 4 heteroatoms. The summed E-state index contributed by atoms with van der Waals surface area (Å²) >= 11 is 8.43. The summed E-state index contributed by atoms with van der Waals surface area (Å²) in [6.45, 7) is -1.90. The minimum Gasteiger partial charge on any atom is -0.377 e. The molecule has 174 valence electrons. The van der Waals surface area contributed by atoms with Crippen LogP contribution >= 0.6 is 17.9 Å². The molecule has 4 aliphatic rings. The van der Waals surface area contributed by atoms with Gasteiger partial charge in [0.15, 0.2) is 6.62 Å². The number of benzene rings is 2. The average Bonchev–Trinajstić information content (AvgIpc) is 3.60. The van der Waals surface area contributed by atoms with Gasteiger partial charge < -0.3 is 4.90 Å². The minimum absolute atomic E-state index is 0. The maximum atomic E-state index is 8.43. The first kappa shape index (κ1) is 23.4. The molecule has 4 aliphatic carbocycles. The SMILES string of the molecule is CN(C)c1ccccc1-c1ccccc1[P+](Cl)(C12CCC(CC1)C2)C12CCC(CC1)C2.[Pd]. The maximum Gasteiger partial charge on any atom is 0.158 e. The van der Waals surface area contributed by atoms with E-state index in [1.165, 1.54) is 81.0 Å². The Balaban J connectivity index is 0.00000216. The molecule has 4 fully saturated rings. The van der Waals surface area contributed by atoms with Gasteiger partial charge in [0, 0.05) is 51.3 Å². The van der Waals surface area contributed by atoms with Gasteiger partial charge in [-0.2, -0.15) is 0 Å². The molecule has 4 saturated carbocycles. The van der Waals surface area contributed by atoms with Gasteiger partial charge in [-0.25, -0.2) is 0 Å². The number of rotatable bonds is 5. The Morgan fingerprint density at radius 3 is 1.69 bits per heavy atom. The second-order valence-corrected chi connectivity index (χ2v) is 16.3. The van der Waals surface area contributed by atoms with Crippen molar-refractivity contribution < 1.29 is 20.4 Å².